The third-order valence-corrected chi connectivity index (χ3v) is 6.18. The van der Waals surface area contributed by atoms with E-state index in [0.29, 0.717) is 56.8 Å². The van der Waals surface area contributed by atoms with E-state index in [1.54, 1.807) is 49.2 Å². The highest BCUT2D eigenvalue weighted by Crippen LogP contribution is 2.35. The molecule has 1 aromatic carbocycles. The van der Waals surface area contributed by atoms with Crippen LogP contribution in [0.4, 0.5) is 10.1 Å². The fraction of sp³-hybridized carbons (Fsp3) is 0.143. The molecule has 6 rings (SSSR count). The summed E-state index contributed by atoms with van der Waals surface area (Å²) < 4.78 is 16.1. The standard InChI is InChI=1S/C28H23FN8O/c1-15(2)10-22(38)33-18-11-17(13-31-14-18)19-5-6-21-23(24(19)29)26(37-36-21)28-34-25-20(7-9-32-27(25)35-28)16-4-3-8-30-12-16/h3-9,11-15H,10H2,1-2H3,(H,33,38)(H,36,37)(H,32,34,35). The van der Waals surface area contributed by atoms with Gasteiger partial charge in [0.05, 0.1) is 28.3 Å². The zero-order valence-electron chi connectivity index (χ0n) is 20.7. The Labute approximate surface area is 216 Å². The zero-order valence-corrected chi connectivity index (χ0v) is 20.7. The van der Waals surface area contributed by atoms with Gasteiger partial charge in [0, 0.05) is 53.5 Å². The summed E-state index contributed by atoms with van der Waals surface area (Å²) in [4.78, 5) is 32.9. The molecular weight excluding hydrogens is 483 g/mol. The number of pyridine rings is 3. The van der Waals surface area contributed by atoms with Crippen molar-refractivity contribution in [3.63, 3.8) is 0 Å². The molecule has 5 heterocycles. The van der Waals surface area contributed by atoms with Crippen LogP contribution in [0.1, 0.15) is 20.3 Å². The van der Waals surface area contributed by atoms with E-state index >= 15 is 4.39 Å². The number of amides is 1. The number of hydrogen-bond donors (Lipinski definition) is 3. The Morgan fingerprint density at radius 1 is 1.03 bits per heavy atom. The van der Waals surface area contributed by atoms with E-state index in [9.17, 15) is 4.79 Å². The second kappa shape index (κ2) is 9.47. The van der Waals surface area contributed by atoms with Crippen LogP contribution < -0.4 is 5.32 Å². The number of benzene rings is 1. The molecule has 3 N–H and O–H groups in total. The number of aromatic nitrogens is 7. The van der Waals surface area contributed by atoms with Gasteiger partial charge in [-0.05, 0) is 36.2 Å². The predicted octanol–water partition coefficient (Wildman–Crippen LogP) is 5.75. The number of imidazole rings is 1. The van der Waals surface area contributed by atoms with E-state index in [1.807, 2.05) is 32.0 Å². The Balaban J connectivity index is 1.42. The van der Waals surface area contributed by atoms with E-state index in [-0.39, 0.29) is 11.8 Å². The molecule has 0 radical (unpaired) electrons. The molecule has 10 heteroatoms. The largest absolute Gasteiger partial charge is 0.335 e. The maximum atomic E-state index is 16.1. The van der Waals surface area contributed by atoms with Crippen LogP contribution in [0.3, 0.4) is 0 Å². The van der Waals surface area contributed by atoms with Crippen molar-refractivity contribution in [2.24, 2.45) is 5.92 Å². The first-order valence-electron chi connectivity index (χ1n) is 12.2. The van der Waals surface area contributed by atoms with Crippen molar-refractivity contribution in [2.75, 3.05) is 5.32 Å². The molecular formula is C28H23FN8O. The molecule has 9 nitrogen and oxygen atoms in total. The van der Waals surface area contributed by atoms with E-state index in [2.05, 4.69) is 40.4 Å². The molecule has 0 unspecified atom stereocenters. The van der Waals surface area contributed by atoms with Gasteiger partial charge in [-0.3, -0.25) is 19.9 Å². The quantitative estimate of drug-likeness (QED) is 0.264. The summed E-state index contributed by atoms with van der Waals surface area (Å²) >= 11 is 0. The smallest absolute Gasteiger partial charge is 0.224 e. The topological polar surface area (TPSA) is 125 Å². The van der Waals surface area contributed by atoms with Crippen molar-refractivity contribution in [3.05, 3.63) is 73.2 Å². The van der Waals surface area contributed by atoms with E-state index < -0.39 is 5.82 Å². The van der Waals surface area contributed by atoms with Gasteiger partial charge in [-0.2, -0.15) is 5.10 Å². The van der Waals surface area contributed by atoms with Crippen LogP contribution >= 0.6 is 0 Å². The van der Waals surface area contributed by atoms with E-state index in [1.165, 1.54) is 0 Å². The molecule has 38 heavy (non-hydrogen) atoms. The van der Waals surface area contributed by atoms with Crippen molar-refractivity contribution < 1.29 is 9.18 Å². The van der Waals surface area contributed by atoms with Crippen LogP contribution in [0.2, 0.25) is 0 Å². The molecule has 0 saturated carbocycles. The Hall–Kier alpha value is -4.99. The van der Waals surface area contributed by atoms with Gasteiger partial charge in [0.15, 0.2) is 11.5 Å². The monoisotopic (exact) mass is 506 g/mol. The number of hydrogen-bond acceptors (Lipinski definition) is 6. The number of aromatic amines is 2. The fourth-order valence-electron chi connectivity index (χ4n) is 4.49. The summed E-state index contributed by atoms with van der Waals surface area (Å²) in [5, 5.41) is 10.4. The fourth-order valence-corrected chi connectivity index (χ4v) is 4.49. The van der Waals surface area contributed by atoms with Gasteiger partial charge >= 0.3 is 0 Å². The summed E-state index contributed by atoms with van der Waals surface area (Å²) in [6, 6.07) is 10.8. The van der Waals surface area contributed by atoms with Gasteiger partial charge < -0.3 is 10.3 Å². The highest BCUT2D eigenvalue weighted by atomic mass is 19.1. The van der Waals surface area contributed by atoms with Crippen molar-refractivity contribution >= 4 is 33.7 Å². The SMILES string of the molecule is CC(C)CC(=O)Nc1cncc(-c2ccc3[nH]nc(-c4nc5nccc(-c6cccnc6)c5[nH]4)c3c2F)c1. The van der Waals surface area contributed by atoms with Gasteiger partial charge in [-0.15, -0.1) is 0 Å². The lowest BCUT2D eigenvalue weighted by atomic mass is 10.0. The lowest BCUT2D eigenvalue weighted by Crippen LogP contribution is -2.14. The number of anilines is 1. The van der Waals surface area contributed by atoms with Crippen molar-refractivity contribution in [2.45, 2.75) is 20.3 Å². The number of carbonyl (C=O) groups excluding carboxylic acids is 1. The van der Waals surface area contributed by atoms with Crippen LogP contribution in [0, 0.1) is 11.7 Å². The Kier molecular flexibility index (Phi) is 5.83. The summed E-state index contributed by atoms with van der Waals surface area (Å²) in [5.41, 5.74) is 5.21. The first-order valence-corrected chi connectivity index (χ1v) is 12.2. The second-order valence-corrected chi connectivity index (χ2v) is 9.41. The molecule has 188 valence electrons. The molecule has 0 atom stereocenters. The number of nitrogens with one attached hydrogen (secondary N) is 3. The molecule has 0 saturated heterocycles. The maximum absolute atomic E-state index is 16.1. The number of halogens is 1. The van der Waals surface area contributed by atoms with Gasteiger partial charge in [-0.25, -0.2) is 14.4 Å². The van der Waals surface area contributed by atoms with Gasteiger partial charge in [0.2, 0.25) is 5.91 Å². The first-order chi connectivity index (χ1) is 18.5. The second-order valence-electron chi connectivity index (χ2n) is 9.41. The van der Waals surface area contributed by atoms with Crippen molar-refractivity contribution in [1.82, 2.24) is 35.1 Å². The minimum absolute atomic E-state index is 0.115. The summed E-state index contributed by atoms with van der Waals surface area (Å²) in [5.74, 6) is 0.0223. The van der Waals surface area contributed by atoms with Crippen LogP contribution in [-0.2, 0) is 4.79 Å². The van der Waals surface area contributed by atoms with Crippen LogP contribution in [0.15, 0.2) is 67.4 Å². The summed E-state index contributed by atoms with van der Waals surface area (Å²) in [6.07, 6.45) is 8.64. The highest BCUT2D eigenvalue weighted by molar-refractivity contribution is 5.98. The van der Waals surface area contributed by atoms with Crippen LogP contribution in [0.25, 0.3) is 55.8 Å². The molecule has 0 aliphatic heterocycles. The maximum Gasteiger partial charge on any atom is 0.224 e. The number of rotatable bonds is 6. The average molecular weight is 507 g/mol. The Bertz CT molecular complexity index is 1790. The normalized spacial score (nSPS) is 11.5. The molecule has 1 amide bonds. The number of fused-ring (bicyclic) bond motifs is 2. The van der Waals surface area contributed by atoms with Gasteiger partial charge in [0.25, 0.3) is 0 Å². The molecule has 5 aromatic heterocycles. The highest BCUT2D eigenvalue weighted by Gasteiger charge is 2.21. The molecule has 0 spiro atoms. The third kappa shape index (κ3) is 4.26. The molecule has 0 aliphatic carbocycles. The molecule has 0 bridgehead atoms. The Morgan fingerprint density at radius 2 is 1.89 bits per heavy atom. The summed E-state index contributed by atoms with van der Waals surface area (Å²) in [6.45, 7) is 3.94. The van der Waals surface area contributed by atoms with Crippen molar-refractivity contribution in [1.29, 1.82) is 0 Å². The molecule has 0 fully saturated rings. The van der Waals surface area contributed by atoms with Gasteiger partial charge in [0.1, 0.15) is 11.5 Å². The van der Waals surface area contributed by atoms with Crippen LogP contribution in [0.5, 0.6) is 0 Å². The third-order valence-electron chi connectivity index (χ3n) is 6.18. The zero-order chi connectivity index (χ0) is 26.2. The van der Waals surface area contributed by atoms with Gasteiger partial charge in [-0.1, -0.05) is 19.9 Å². The lowest BCUT2D eigenvalue weighted by molar-refractivity contribution is -0.116. The summed E-state index contributed by atoms with van der Waals surface area (Å²) in [7, 11) is 0. The number of H-pyrrole nitrogens is 2. The molecule has 6 aromatic rings. The van der Waals surface area contributed by atoms with Crippen molar-refractivity contribution in [3.8, 4) is 33.8 Å². The number of carbonyl (C=O) groups is 1. The average Bonchev–Trinajstić information content (AvgIpc) is 3.54. The molecule has 0 aliphatic rings. The number of nitrogens with zero attached hydrogens (tertiary/aromatic N) is 5. The van der Waals surface area contributed by atoms with Crippen LogP contribution in [-0.4, -0.2) is 41.0 Å². The minimum Gasteiger partial charge on any atom is -0.335 e. The first kappa shape index (κ1) is 23.4. The lowest BCUT2D eigenvalue weighted by Gasteiger charge is -2.09. The Morgan fingerprint density at radius 3 is 2.71 bits per heavy atom. The van der Waals surface area contributed by atoms with E-state index in [4.69, 9.17) is 0 Å². The predicted molar refractivity (Wildman–Crippen MR) is 143 cm³/mol. The van der Waals surface area contributed by atoms with E-state index in [0.717, 1.165) is 11.1 Å². The minimum atomic E-state index is -0.473.